The Kier molecular flexibility index (Phi) is 5.51. The van der Waals surface area contributed by atoms with Crippen molar-refractivity contribution in [2.24, 2.45) is 11.8 Å². The van der Waals surface area contributed by atoms with Gasteiger partial charge in [-0.15, -0.1) is 0 Å². The highest BCUT2D eigenvalue weighted by Crippen LogP contribution is 2.47. The second-order valence-corrected chi connectivity index (χ2v) is 9.56. The Bertz CT molecular complexity index is 1060. The molecule has 0 saturated carbocycles. The van der Waals surface area contributed by atoms with Gasteiger partial charge in [0.15, 0.2) is 0 Å². The van der Waals surface area contributed by atoms with E-state index in [0.29, 0.717) is 0 Å². The third-order valence-corrected chi connectivity index (χ3v) is 6.37. The first-order chi connectivity index (χ1) is 15.1. The number of nitrogens with zero attached hydrogens (tertiary/aromatic N) is 1. The smallest absolute Gasteiger partial charge is 0.325 e. The Hall–Kier alpha value is -3.25. The van der Waals surface area contributed by atoms with Crippen LogP contribution in [0.25, 0.3) is 6.08 Å². The highest BCUT2D eigenvalue weighted by molar-refractivity contribution is 6.10. The number of hydrogen-bond donors (Lipinski definition) is 2. The number of fused-ring (bicyclic) bond motifs is 1. The van der Waals surface area contributed by atoms with Crippen molar-refractivity contribution in [2.45, 2.75) is 44.3 Å². The van der Waals surface area contributed by atoms with E-state index in [0.717, 1.165) is 11.1 Å². The molecule has 2 aromatic carbocycles. The Labute approximate surface area is 187 Å². The maximum absolute atomic E-state index is 13.6. The topological polar surface area (TPSA) is 86.7 Å². The summed E-state index contributed by atoms with van der Waals surface area (Å²) in [4.78, 5) is 41.0. The van der Waals surface area contributed by atoms with E-state index in [1.54, 1.807) is 20.8 Å². The molecule has 0 spiro atoms. The zero-order valence-corrected chi connectivity index (χ0v) is 18.5. The Balaban J connectivity index is 1.80. The van der Waals surface area contributed by atoms with Gasteiger partial charge in [-0.2, -0.15) is 0 Å². The van der Waals surface area contributed by atoms with Crippen molar-refractivity contribution >= 4 is 23.9 Å². The minimum atomic E-state index is -1.58. The first-order valence-corrected chi connectivity index (χ1v) is 10.8. The number of benzene rings is 2. The van der Waals surface area contributed by atoms with Gasteiger partial charge in [0, 0.05) is 18.0 Å². The third-order valence-electron chi connectivity index (χ3n) is 6.37. The zero-order chi connectivity index (χ0) is 23.1. The van der Waals surface area contributed by atoms with Crippen LogP contribution in [-0.2, 0) is 20.8 Å². The summed E-state index contributed by atoms with van der Waals surface area (Å²) < 4.78 is 0. The van der Waals surface area contributed by atoms with E-state index in [1.807, 2.05) is 72.8 Å². The van der Waals surface area contributed by atoms with Gasteiger partial charge >= 0.3 is 5.97 Å². The average molecular weight is 433 g/mol. The molecule has 2 fully saturated rings. The molecule has 0 aliphatic carbocycles. The lowest BCUT2D eigenvalue weighted by atomic mass is 9.76. The second-order valence-electron chi connectivity index (χ2n) is 9.56. The van der Waals surface area contributed by atoms with Crippen molar-refractivity contribution in [2.75, 3.05) is 0 Å². The fraction of sp³-hybridized carbons (Fsp3) is 0.346. The summed E-state index contributed by atoms with van der Waals surface area (Å²) in [7, 11) is 0. The molecule has 2 amide bonds. The summed E-state index contributed by atoms with van der Waals surface area (Å²) in [6, 6.07) is 18.2. The molecule has 6 heteroatoms. The Morgan fingerprint density at radius 3 is 2.19 bits per heavy atom. The number of aliphatic carboxylic acids is 1. The average Bonchev–Trinajstić information content (AvgIpc) is 3.22. The normalized spacial score (nSPS) is 27.8. The minimum Gasteiger partial charge on any atom is -0.480 e. The number of carbonyl (C=O) groups excluding carboxylic acids is 2. The molecule has 4 rings (SSSR count). The molecule has 32 heavy (non-hydrogen) atoms. The lowest BCUT2D eigenvalue weighted by Gasteiger charge is -2.35. The molecular formula is C26H28N2O4. The van der Waals surface area contributed by atoms with Crippen LogP contribution in [0.4, 0.5) is 0 Å². The molecule has 4 atom stereocenters. The summed E-state index contributed by atoms with van der Waals surface area (Å²) in [6.45, 7) is 5.39. The molecule has 2 aromatic rings. The van der Waals surface area contributed by atoms with Crippen molar-refractivity contribution in [3.8, 4) is 0 Å². The van der Waals surface area contributed by atoms with Crippen LogP contribution in [0.3, 0.4) is 0 Å². The number of likely N-dealkylation sites (tertiary alicyclic amines) is 1. The van der Waals surface area contributed by atoms with E-state index >= 15 is 0 Å². The predicted octanol–water partition coefficient (Wildman–Crippen LogP) is 3.14. The molecule has 6 nitrogen and oxygen atoms in total. The van der Waals surface area contributed by atoms with Gasteiger partial charge in [0.25, 0.3) is 0 Å². The van der Waals surface area contributed by atoms with E-state index in [1.165, 1.54) is 4.90 Å². The maximum Gasteiger partial charge on any atom is 0.325 e. The molecule has 4 unspecified atom stereocenters. The first kappa shape index (κ1) is 22.0. The number of nitrogens with one attached hydrogen (secondary N) is 1. The van der Waals surface area contributed by atoms with Gasteiger partial charge in [0.2, 0.25) is 11.8 Å². The van der Waals surface area contributed by atoms with Gasteiger partial charge in [0.05, 0.1) is 11.8 Å². The van der Waals surface area contributed by atoms with Gasteiger partial charge in [0.1, 0.15) is 5.54 Å². The third kappa shape index (κ3) is 3.65. The zero-order valence-electron chi connectivity index (χ0n) is 18.5. The van der Waals surface area contributed by atoms with Crippen molar-refractivity contribution in [1.29, 1.82) is 0 Å². The number of carboxylic acids is 1. The van der Waals surface area contributed by atoms with Crippen LogP contribution < -0.4 is 5.32 Å². The monoisotopic (exact) mass is 432 g/mol. The molecule has 0 bridgehead atoms. The molecule has 0 aromatic heterocycles. The number of carbonyl (C=O) groups is 3. The predicted molar refractivity (Wildman–Crippen MR) is 121 cm³/mol. The number of rotatable bonds is 5. The van der Waals surface area contributed by atoms with Crippen molar-refractivity contribution < 1.29 is 19.5 Å². The maximum atomic E-state index is 13.6. The number of carboxylic acid groups (broad SMARTS) is 1. The highest BCUT2D eigenvalue weighted by atomic mass is 16.4. The minimum absolute atomic E-state index is 0.108. The largest absolute Gasteiger partial charge is 0.480 e. The molecule has 2 aliphatic rings. The van der Waals surface area contributed by atoms with Crippen LogP contribution in [0.5, 0.6) is 0 Å². The highest BCUT2D eigenvalue weighted by Gasteiger charge is 2.68. The number of imide groups is 1. The van der Waals surface area contributed by atoms with Crippen LogP contribution in [0, 0.1) is 11.8 Å². The lowest BCUT2D eigenvalue weighted by Crippen LogP contribution is -2.59. The van der Waals surface area contributed by atoms with E-state index < -0.39 is 40.8 Å². The summed E-state index contributed by atoms with van der Waals surface area (Å²) in [5, 5.41) is 13.6. The molecule has 2 saturated heterocycles. The summed E-state index contributed by atoms with van der Waals surface area (Å²) in [6.07, 6.45) is 3.80. The summed E-state index contributed by atoms with van der Waals surface area (Å²) >= 11 is 0. The first-order valence-electron chi connectivity index (χ1n) is 10.8. The Morgan fingerprint density at radius 1 is 1.03 bits per heavy atom. The molecule has 166 valence electrons. The van der Waals surface area contributed by atoms with Crippen LogP contribution in [-0.4, -0.2) is 44.9 Å². The summed E-state index contributed by atoms with van der Waals surface area (Å²) in [5.74, 6) is -3.63. The van der Waals surface area contributed by atoms with Gasteiger partial charge in [-0.05, 0) is 31.9 Å². The Morgan fingerprint density at radius 2 is 1.62 bits per heavy atom. The molecular weight excluding hydrogens is 404 g/mol. The van der Waals surface area contributed by atoms with Crippen LogP contribution in [0.15, 0.2) is 66.7 Å². The lowest BCUT2D eigenvalue weighted by molar-refractivity contribution is -0.153. The van der Waals surface area contributed by atoms with Crippen LogP contribution in [0.2, 0.25) is 0 Å². The van der Waals surface area contributed by atoms with Gasteiger partial charge in [-0.3, -0.25) is 24.6 Å². The standard InChI is InChI=1S/C26H28N2O4/c1-25(2,3)28-22(29)20-19(15-14-17-10-6-4-7-11-17)27-26(24(31)32,21(20)23(28)30)16-18-12-8-5-9-13-18/h4-15,19-21,27H,16H2,1-3H3,(H,31,32)/b15-14+. The number of amides is 2. The molecule has 0 radical (unpaired) electrons. The van der Waals surface area contributed by atoms with Gasteiger partial charge in [-0.25, -0.2) is 0 Å². The van der Waals surface area contributed by atoms with E-state index in [9.17, 15) is 19.5 Å². The van der Waals surface area contributed by atoms with E-state index in [-0.39, 0.29) is 12.3 Å². The van der Waals surface area contributed by atoms with E-state index in [2.05, 4.69) is 5.32 Å². The van der Waals surface area contributed by atoms with Crippen molar-refractivity contribution in [1.82, 2.24) is 10.2 Å². The second kappa shape index (κ2) is 8.02. The fourth-order valence-corrected chi connectivity index (χ4v) is 5.01. The molecule has 2 N–H and O–H groups in total. The van der Waals surface area contributed by atoms with Crippen molar-refractivity contribution in [3.05, 3.63) is 77.9 Å². The van der Waals surface area contributed by atoms with Crippen LogP contribution in [0.1, 0.15) is 31.9 Å². The summed E-state index contributed by atoms with van der Waals surface area (Å²) in [5.41, 5.74) is -0.581. The van der Waals surface area contributed by atoms with Gasteiger partial charge in [-0.1, -0.05) is 72.8 Å². The fourth-order valence-electron chi connectivity index (χ4n) is 5.01. The van der Waals surface area contributed by atoms with Crippen LogP contribution >= 0.6 is 0 Å². The van der Waals surface area contributed by atoms with Crippen molar-refractivity contribution in [3.63, 3.8) is 0 Å². The quantitative estimate of drug-likeness (QED) is 0.709. The molecule has 2 aliphatic heterocycles. The van der Waals surface area contributed by atoms with E-state index in [4.69, 9.17) is 0 Å². The SMILES string of the molecule is CC(C)(C)N1C(=O)C2C(/C=C/c3ccccc3)NC(Cc3ccccc3)(C(=O)O)C2C1=O. The molecule has 2 heterocycles. The van der Waals surface area contributed by atoms with Gasteiger partial charge < -0.3 is 5.11 Å². The number of hydrogen-bond acceptors (Lipinski definition) is 4.